The Balaban J connectivity index is 1.33. The van der Waals surface area contributed by atoms with Crippen molar-refractivity contribution >= 4 is 23.5 Å². The van der Waals surface area contributed by atoms with Crippen molar-refractivity contribution in [2.45, 2.75) is 56.6 Å². The molecule has 6 rings (SSSR count). The quantitative estimate of drug-likeness (QED) is 0.428. The van der Waals surface area contributed by atoms with Crippen LogP contribution >= 0.6 is 11.8 Å². The van der Waals surface area contributed by atoms with Crippen molar-refractivity contribution in [3.63, 3.8) is 0 Å². The Morgan fingerprint density at radius 3 is 2.15 bits per heavy atom. The summed E-state index contributed by atoms with van der Waals surface area (Å²) in [5, 5.41) is 9.00. The van der Waals surface area contributed by atoms with Gasteiger partial charge in [0.05, 0.1) is 5.92 Å². The van der Waals surface area contributed by atoms with E-state index < -0.39 is 17.7 Å². The molecule has 0 heterocycles. The lowest BCUT2D eigenvalue weighted by Gasteiger charge is -2.57. The normalized spacial score (nSPS) is 28.1. The maximum atomic E-state index is 15.4. The van der Waals surface area contributed by atoms with E-state index in [0.29, 0.717) is 34.6 Å². The molecule has 0 spiro atoms. The minimum atomic E-state index is -0.893. The summed E-state index contributed by atoms with van der Waals surface area (Å²) in [7, 11) is 0. The lowest BCUT2D eigenvalue weighted by atomic mass is 9.48. The van der Waals surface area contributed by atoms with Gasteiger partial charge in [0.2, 0.25) is 0 Å². The number of carbonyl (C=O) groups is 2. The van der Waals surface area contributed by atoms with E-state index in [1.54, 1.807) is 13.0 Å². The average Bonchev–Trinajstić information content (AvgIpc) is 2.78. The minimum Gasteiger partial charge on any atom is -0.481 e. The molecular formula is C28H30F2O3S. The van der Waals surface area contributed by atoms with Crippen LogP contribution in [0, 0.1) is 35.3 Å². The number of halogens is 2. The molecule has 1 N–H and O–H groups in total. The van der Waals surface area contributed by atoms with Gasteiger partial charge in [-0.3, -0.25) is 9.59 Å². The van der Waals surface area contributed by atoms with Gasteiger partial charge < -0.3 is 5.11 Å². The number of carbonyl (C=O) groups excluding carboxylic acids is 1. The molecular weight excluding hydrogens is 454 g/mol. The third kappa shape index (κ3) is 4.41. The van der Waals surface area contributed by atoms with Crippen molar-refractivity contribution in [3.8, 4) is 0 Å². The van der Waals surface area contributed by atoms with Crippen LogP contribution in [0.2, 0.25) is 0 Å². The van der Waals surface area contributed by atoms with Crippen molar-refractivity contribution in [2.24, 2.45) is 23.7 Å². The Kier molecular flexibility index (Phi) is 6.30. The topological polar surface area (TPSA) is 54.4 Å². The molecule has 4 saturated carbocycles. The number of aliphatic carboxylic acids is 1. The fraction of sp³-hybridized carbons (Fsp3) is 0.500. The van der Waals surface area contributed by atoms with Crippen LogP contribution < -0.4 is 0 Å². The van der Waals surface area contributed by atoms with Crippen molar-refractivity contribution in [3.05, 3.63) is 70.3 Å². The van der Waals surface area contributed by atoms with Crippen LogP contribution in [0.3, 0.4) is 0 Å². The number of hydrogen-bond donors (Lipinski definition) is 1. The minimum absolute atomic E-state index is 0.0756. The van der Waals surface area contributed by atoms with E-state index in [9.17, 15) is 14.0 Å². The van der Waals surface area contributed by atoms with E-state index in [0.717, 1.165) is 24.8 Å². The summed E-state index contributed by atoms with van der Waals surface area (Å²) < 4.78 is 29.7. The van der Waals surface area contributed by atoms with E-state index in [4.69, 9.17) is 5.11 Å². The monoisotopic (exact) mass is 484 g/mol. The largest absolute Gasteiger partial charge is 0.481 e. The summed E-state index contributed by atoms with van der Waals surface area (Å²) in [5.41, 5.74) is 1.63. The highest BCUT2D eigenvalue weighted by Gasteiger charge is 2.52. The Morgan fingerprint density at radius 1 is 0.971 bits per heavy atom. The zero-order valence-corrected chi connectivity index (χ0v) is 20.2. The van der Waals surface area contributed by atoms with Gasteiger partial charge in [0.1, 0.15) is 11.6 Å². The van der Waals surface area contributed by atoms with Gasteiger partial charge in [0.25, 0.3) is 0 Å². The maximum Gasteiger partial charge on any atom is 0.307 e. The Labute approximate surface area is 203 Å². The number of carboxylic acids is 1. The van der Waals surface area contributed by atoms with Crippen LogP contribution in [-0.4, -0.2) is 22.6 Å². The van der Waals surface area contributed by atoms with Crippen molar-refractivity contribution < 1.29 is 23.5 Å². The lowest BCUT2D eigenvalue weighted by molar-refractivity contribution is -0.140. The van der Waals surface area contributed by atoms with Crippen LogP contribution in [0.1, 0.15) is 72.5 Å². The molecule has 1 unspecified atom stereocenters. The summed E-state index contributed by atoms with van der Waals surface area (Å²) in [5.74, 6) is 0.255. The molecule has 2 aromatic rings. The average molecular weight is 485 g/mol. The second kappa shape index (κ2) is 9.10. The summed E-state index contributed by atoms with van der Waals surface area (Å²) >= 11 is 1.31. The van der Waals surface area contributed by atoms with Gasteiger partial charge in [-0.1, -0.05) is 19.1 Å². The molecule has 2 aromatic carbocycles. The molecule has 180 valence electrons. The molecule has 0 radical (unpaired) electrons. The Morgan fingerprint density at radius 2 is 1.56 bits per heavy atom. The first-order valence-electron chi connectivity index (χ1n) is 12.2. The fourth-order valence-corrected chi connectivity index (χ4v) is 7.99. The third-order valence-electron chi connectivity index (χ3n) is 8.20. The zero-order valence-electron chi connectivity index (χ0n) is 19.4. The molecule has 0 aromatic heterocycles. The van der Waals surface area contributed by atoms with Crippen LogP contribution in [0.15, 0.2) is 36.4 Å². The second-order valence-corrected chi connectivity index (χ2v) is 11.8. The molecule has 3 nitrogen and oxygen atoms in total. The molecule has 4 aliphatic rings. The van der Waals surface area contributed by atoms with Gasteiger partial charge in [0, 0.05) is 22.6 Å². The smallest absolute Gasteiger partial charge is 0.307 e. The molecule has 4 fully saturated rings. The van der Waals surface area contributed by atoms with Crippen LogP contribution in [0.25, 0.3) is 0 Å². The molecule has 6 heteroatoms. The van der Waals surface area contributed by atoms with Crippen LogP contribution in [0.4, 0.5) is 8.78 Å². The van der Waals surface area contributed by atoms with Gasteiger partial charge in [-0.05, 0) is 97.1 Å². The highest BCUT2D eigenvalue weighted by molar-refractivity contribution is 7.98. The maximum absolute atomic E-state index is 15.4. The fourth-order valence-electron chi connectivity index (χ4n) is 6.94. The van der Waals surface area contributed by atoms with E-state index in [-0.39, 0.29) is 28.3 Å². The van der Waals surface area contributed by atoms with Gasteiger partial charge in [-0.25, -0.2) is 8.78 Å². The predicted molar refractivity (Wildman–Crippen MR) is 129 cm³/mol. The van der Waals surface area contributed by atoms with E-state index >= 15 is 4.39 Å². The summed E-state index contributed by atoms with van der Waals surface area (Å²) in [6.07, 6.45) is 7.04. The highest BCUT2D eigenvalue weighted by Crippen LogP contribution is 2.61. The van der Waals surface area contributed by atoms with Crippen molar-refractivity contribution in [1.82, 2.24) is 0 Å². The summed E-state index contributed by atoms with van der Waals surface area (Å²) in [6, 6.07) is 9.10. The number of benzene rings is 2. The Hall–Kier alpha value is -2.21. The molecule has 0 aliphatic heterocycles. The number of hydrogen-bond acceptors (Lipinski definition) is 3. The molecule has 1 atom stereocenters. The first-order valence-corrected chi connectivity index (χ1v) is 13.3. The number of thioether (sulfide) groups is 1. The highest BCUT2D eigenvalue weighted by atomic mass is 32.2. The standard InChI is InChI=1S/C28H30F2O3S/c1-16(27(32)33)14-34-15-22-9-20(3-5-24(22)29)26(31)21-2-4-23(25(30)10-21)28-11-17-6-18(12-28)8-19(7-17)13-28/h2-5,9-10,16-19H,6-8,11-15H2,1H3,(H,32,33). The SMILES string of the molecule is CC(CSCc1cc(C(=O)c2ccc(C34CC5CC(CC(C5)C3)C4)c(F)c2)ccc1F)C(=O)O. The summed E-state index contributed by atoms with van der Waals surface area (Å²) in [6.45, 7) is 1.60. The van der Waals surface area contributed by atoms with Gasteiger partial charge in [-0.15, -0.1) is 0 Å². The molecule has 4 aliphatic carbocycles. The van der Waals surface area contributed by atoms with E-state index in [2.05, 4.69) is 0 Å². The molecule has 34 heavy (non-hydrogen) atoms. The molecule has 0 amide bonds. The van der Waals surface area contributed by atoms with E-state index in [1.807, 2.05) is 6.07 Å². The number of rotatable bonds is 8. The third-order valence-corrected chi connectivity index (χ3v) is 9.45. The van der Waals surface area contributed by atoms with Gasteiger partial charge in [-0.2, -0.15) is 11.8 Å². The molecule has 0 saturated heterocycles. The predicted octanol–water partition coefficient (Wildman–Crippen LogP) is 6.62. The lowest BCUT2D eigenvalue weighted by Crippen LogP contribution is -2.48. The van der Waals surface area contributed by atoms with E-state index in [1.165, 1.54) is 55.3 Å². The van der Waals surface area contributed by atoms with Crippen molar-refractivity contribution in [1.29, 1.82) is 0 Å². The number of carboxylic acid groups (broad SMARTS) is 1. The van der Waals surface area contributed by atoms with Crippen LogP contribution in [0.5, 0.6) is 0 Å². The van der Waals surface area contributed by atoms with Crippen LogP contribution in [-0.2, 0) is 16.0 Å². The van der Waals surface area contributed by atoms with Crippen molar-refractivity contribution in [2.75, 3.05) is 5.75 Å². The first-order chi connectivity index (χ1) is 16.2. The molecule has 4 bridgehead atoms. The zero-order chi connectivity index (χ0) is 24.0. The second-order valence-electron chi connectivity index (χ2n) is 10.8. The summed E-state index contributed by atoms with van der Waals surface area (Å²) in [4.78, 5) is 24.1. The van der Waals surface area contributed by atoms with Gasteiger partial charge >= 0.3 is 5.97 Å². The Bertz CT molecular complexity index is 1090. The van der Waals surface area contributed by atoms with Gasteiger partial charge in [0.15, 0.2) is 5.78 Å². The first kappa shape index (κ1) is 23.5. The number of ketones is 1.